The van der Waals surface area contributed by atoms with Crippen molar-refractivity contribution in [2.75, 3.05) is 31.7 Å². The SMILES string of the molecule is COCCCN1C(=O)c2cccc3c(CC(=O)C4CCCCN4S(=O)(=O)c4c(Cl)sc(Cl)c4Br)ccc1c23. The summed E-state index contributed by atoms with van der Waals surface area (Å²) in [5.74, 6) is -0.254. The number of benzene rings is 2. The maximum Gasteiger partial charge on any atom is 0.258 e. The van der Waals surface area contributed by atoms with Crippen molar-refractivity contribution in [2.45, 2.75) is 43.0 Å². The summed E-state index contributed by atoms with van der Waals surface area (Å²) in [4.78, 5) is 28.5. The summed E-state index contributed by atoms with van der Waals surface area (Å²) in [5.41, 5.74) is 2.20. The van der Waals surface area contributed by atoms with Crippen molar-refractivity contribution in [3.8, 4) is 0 Å². The molecule has 202 valence electrons. The summed E-state index contributed by atoms with van der Waals surface area (Å²) in [6.45, 7) is 1.31. The van der Waals surface area contributed by atoms with Crippen molar-refractivity contribution < 1.29 is 22.7 Å². The van der Waals surface area contributed by atoms with Crippen molar-refractivity contribution in [1.29, 1.82) is 0 Å². The number of sulfonamides is 1. The van der Waals surface area contributed by atoms with Crippen LogP contribution in [0.15, 0.2) is 39.7 Å². The highest BCUT2D eigenvalue weighted by Gasteiger charge is 2.41. The van der Waals surface area contributed by atoms with Crippen molar-refractivity contribution >= 4 is 88.6 Å². The van der Waals surface area contributed by atoms with Gasteiger partial charge in [0.25, 0.3) is 5.91 Å². The number of carbonyl (C=O) groups is 2. The second-order valence-corrected chi connectivity index (χ2v) is 14.2. The van der Waals surface area contributed by atoms with E-state index in [2.05, 4.69) is 15.9 Å². The number of carbonyl (C=O) groups excluding carboxylic acids is 2. The third-order valence-electron chi connectivity index (χ3n) is 7.09. The average Bonchev–Trinajstić information content (AvgIpc) is 3.33. The summed E-state index contributed by atoms with van der Waals surface area (Å²) in [7, 11) is -2.43. The zero-order valence-corrected chi connectivity index (χ0v) is 25.2. The van der Waals surface area contributed by atoms with Crippen molar-refractivity contribution in [1.82, 2.24) is 4.31 Å². The number of hydrogen-bond acceptors (Lipinski definition) is 6. The van der Waals surface area contributed by atoms with E-state index >= 15 is 0 Å². The minimum Gasteiger partial charge on any atom is -0.385 e. The summed E-state index contributed by atoms with van der Waals surface area (Å²) < 4.78 is 34.3. The number of hydrogen-bond donors (Lipinski definition) is 0. The normalized spacial score (nSPS) is 18.1. The number of piperidine rings is 1. The topological polar surface area (TPSA) is 84.0 Å². The van der Waals surface area contributed by atoms with Gasteiger partial charge in [-0.3, -0.25) is 9.59 Å². The van der Waals surface area contributed by atoms with E-state index < -0.39 is 16.1 Å². The Kier molecular flexibility index (Phi) is 8.22. The molecule has 1 unspecified atom stereocenters. The molecule has 2 aliphatic rings. The van der Waals surface area contributed by atoms with Crippen molar-refractivity contribution in [2.24, 2.45) is 0 Å². The first-order valence-corrected chi connectivity index (χ1v) is 16.0. The largest absolute Gasteiger partial charge is 0.385 e. The lowest BCUT2D eigenvalue weighted by molar-refractivity contribution is -0.122. The number of rotatable bonds is 9. The lowest BCUT2D eigenvalue weighted by Crippen LogP contribution is -2.48. The molecular weight excluding hydrogens is 635 g/mol. The fourth-order valence-corrected chi connectivity index (χ4v) is 10.5. The van der Waals surface area contributed by atoms with Gasteiger partial charge in [0.1, 0.15) is 13.6 Å². The van der Waals surface area contributed by atoms with Crippen LogP contribution >= 0.6 is 50.5 Å². The molecule has 3 heterocycles. The fourth-order valence-electron chi connectivity index (χ4n) is 5.35. The molecule has 38 heavy (non-hydrogen) atoms. The number of nitrogens with zero attached hydrogens (tertiary/aromatic N) is 2. The number of ketones is 1. The number of ether oxygens (including phenoxy) is 1. The molecule has 1 fully saturated rings. The molecule has 0 saturated carbocycles. The third kappa shape index (κ3) is 4.82. The van der Waals surface area contributed by atoms with Crippen LogP contribution in [0.5, 0.6) is 0 Å². The number of amides is 1. The van der Waals surface area contributed by atoms with Gasteiger partial charge in [-0.2, -0.15) is 4.31 Å². The second kappa shape index (κ2) is 11.2. The monoisotopic (exact) mass is 658 g/mol. The Bertz CT molecular complexity index is 1540. The fraction of sp³-hybridized carbons (Fsp3) is 0.385. The molecule has 0 aliphatic carbocycles. The van der Waals surface area contributed by atoms with E-state index in [4.69, 9.17) is 27.9 Å². The number of halogens is 3. The molecule has 5 rings (SSSR count). The minimum atomic E-state index is -4.06. The minimum absolute atomic E-state index is 0.0497. The van der Waals surface area contributed by atoms with E-state index in [1.165, 1.54) is 4.31 Å². The van der Waals surface area contributed by atoms with Gasteiger partial charge in [0.05, 0.1) is 16.2 Å². The Labute approximate surface area is 243 Å². The van der Waals surface area contributed by atoms with Crippen LogP contribution in [0.4, 0.5) is 5.69 Å². The highest BCUT2D eigenvalue weighted by atomic mass is 79.9. The van der Waals surface area contributed by atoms with E-state index in [1.54, 1.807) is 18.1 Å². The van der Waals surface area contributed by atoms with E-state index in [0.29, 0.717) is 38.0 Å². The lowest BCUT2D eigenvalue weighted by Gasteiger charge is -2.33. The van der Waals surface area contributed by atoms with Gasteiger partial charge in [0.2, 0.25) is 10.0 Å². The van der Waals surface area contributed by atoms with Crippen LogP contribution < -0.4 is 4.90 Å². The van der Waals surface area contributed by atoms with E-state index in [-0.39, 0.29) is 42.7 Å². The number of Topliss-reactive ketones (excluding diaryl/α,β-unsaturated/α-hetero) is 1. The quantitative estimate of drug-likeness (QED) is 0.251. The summed E-state index contributed by atoms with van der Waals surface area (Å²) in [6.07, 6.45) is 2.58. The summed E-state index contributed by atoms with van der Waals surface area (Å²) in [5, 5.41) is 1.66. The molecular formula is C26H25BrCl2N2O5S2. The molecule has 1 saturated heterocycles. The average molecular weight is 660 g/mol. The smallest absolute Gasteiger partial charge is 0.258 e. The molecule has 0 bridgehead atoms. The van der Waals surface area contributed by atoms with Gasteiger partial charge >= 0.3 is 0 Å². The molecule has 0 spiro atoms. The van der Waals surface area contributed by atoms with E-state index in [1.807, 2.05) is 24.3 Å². The number of anilines is 1. The Morgan fingerprint density at radius 1 is 1.18 bits per heavy atom. The van der Waals surface area contributed by atoms with Gasteiger partial charge in [-0.05, 0) is 58.3 Å². The molecule has 2 aromatic carbocycles. The molecule has 1 aromatic heterocycles. The summed E-state index contributed by atoms with van der Waals surface area (Å²) in [6, 6.07) is 8.48. The lowest BCUT2D eigenvalue weighted by atomic mass is 9.93. The van der Waals surface area contributed by atoms with Crippen LogP contribution in [0.3, 0.4) is 0 Å². The molecule has 1 amide bonds. The molecule has 0 radical (unpaired) electrons. The van der Waals surface area contributed by atoms with Gasteiger partial charge < -0.3 is 9.64 Å². The van der Waals surface area contributed by atoms with Gasteiger partial charge in [-0.15, -0.1) is 11.3 Å². The van der Waals surface area contributed by atoms with Crippen LogP contribution in [-0.4, -0.2) is 57.3 Å². The van der Waals surface area contributed by atoms with Crippen LogP contribution in [0, 0.1) is 0 Å². The molecule has 3 aromatic rings. The number of thiophene rings is 1. The Morgan fingerprint density at radius 2 is 1.97 bits per heavy atom. The van der Waals surface area contributed by atoms with Gasteiger partial charge in [0.15, 0.2) is 5.78 Å². The van der Waals surface area contributed by atoms with E-state index in [9.17, 15) is 18.0 Å². The highest BCUT2D eigenvalue weighted by Crippen LogP contribution is 2.45. The molecule has 0 N–H and O–H groups in total. The summed E-state index contributed by atoms with van der Waals surface area (Å²) >= 11 is 16.6. The predicted octanol–water partition coefficient (Wildman–Crippen LogP) is 6.32. The van der Waals surface area contributed by atoms with Crippen LogP contribution in [0.1, 0.15) is 41.6 Å². The van der Waals surface area contributed by atoms with Crippen molar-refractivity contribution in [3.05, 3.63) is 54.6 Å². The van der Waals surface area contributed by atoms with Crippen LogP contribution in [0.2, 0.25) is 8.67 Å². The molecule has 12 heteroatoms. The van der Waals surface area contributed by atoms with Crippen LogP contribution in [0.25, 0.3) is 10.8 Å². The molecule has 2 aliphatic heterocycles. The maximum absolute atomic E-state index is 13.7. The van der Waals surface area contributed by atoms with Gasteiger partial charge in [0, 0.05) is 44.2 Å². The highest BCUT2D eigenvalue weighted by molar-refractivity contribution is 9.10. The Hall–Kier alpha value is -1.53. The Balaban J connectivity index is 1.46. The zero-order valence-electron chi connectivity index (χ0n) is 20.5. The van der Waals surface area contributed by atoms with Gasteiger partial charge in [-0.1, -0.05) is 47.8 Å². The predicted molar refractivity (Wildman–Crippen MR) is 154 cm³/mol. The Morgan fingerprint density at radius 3 is 2.68 bits per heavy atom. The first kappa shape index (κ1) is 28.0. The first-order chi connectivity index (χ1) is 18.2. The van der Waals surface area contributed by atoms with Crippen LogP contribution in [-0.2, 0) is 26.0 Å². The van der Waals surface area contributed by atoms with Gasteiger partial charge in [-0.25, -0.2) is 8.42 Å². The van der Waals surface area contributed by atoms with Crippen molar-refractivity contribution in [3.63, 3.8) is 0 Å². The third-order valence-corrected chi connectivity index (χ3v) is 12.5. The standard InChI is InChI=1S/C26H25BrCl2N2O5S2/c1-36-13-5-11-30-19-10-9-15(16-6-4-7-17(21(16)19)26(30)33)14-20(32)18-8-2-3-12-31(18)38(34,35)23-22(27)24(28)37-25(23)29/h4,6-7,9-10,18H,2-3,5,8,11-14H2,1H3. The first-order valence-electron chi connectivity index (χ1n) is 12.2. The second-order valence-electron chi connectivity index (χ2n) is 9.34. The zero-order chi connectivity index (χ0) is 27.2. The number of methoxy groups -OCH3 is 1. The van der Waals surface area contributed by atoms with E-state index in [0.717, 1.165) is 39.8 Å². The maximum atomic E-state index is 13.7. The molecule has 1 atom stereocenters. The molecule has 7 nitrogen and oxygen atoms in total.